The van der Waals surface area contributed by atoms with Gasteiger partial charge in [0.05, 0.1) is 17.0 Å². The van der Waals surface area contributed by atoms with Crippen molar-refractivity contribution in [2.45, 2.75) is 13.0 Å². The molecule has 0 saturated carbocycles. The quantitative estimate of drug-likeness (QED) is 0.605. The Morgan fingerprint density at radius 3 is 2.67 bits per heavy atom. The molecule has 1 rings (SSSR count). The van der Waals surface area contributed by atoms with Crippen LogP contribution in [-0.4, -0.2) is 12.0 Å². The number of rotatable bonds is 3. The van der Waals surface area contributed by atoms with Crippen molar-refractivity contribution in [3.63, 3.8) is 0 Å². The van der Waals surface area contributed by atoms with Crippen molar-refractivity contribution in [2.24, 2.45) is 0 Å². The van der Waals surface area contributed by atoms with Crippen molar-refractivity contribution in [1.29, 1.82) is 0 Å². The number of carbonyl (C=O) groups is 1. The van der Waals surface area contributed by atoms with Crippen LogP contribution in [0.4, 0.5) is 10.1 Å². The molecule has 0 aromatic heterocycles. The first kappa shape index (κ1) is 14.3. The van der Waals surface area contributed by atoms with E-state index in [-0.39, 0.29) is 23.9 Å². The van der Waals surface area contributed by atoms with Gasteiger partial charge >= 0.3 is 18.9 Å². The number of carboxylic acids is 1. The molecule has 1 atom stereocenters. The standard InChI is InChI=1S/C9H9ClFNO2.Li/c1-5(9(13)14)12-6-2-3-8(11)7(10)4-6;/h2-5,12H,1H3,(H,13,14);/q;+1/p-1/t5-;/m0./s1. The average Bonchev–Trinajstić information content (AvgIpc) is 2.11. The van der Waals surface area contributed by atoms with E-state index < -0.39 is 17.8 Å². The molecule has 1 aromatic rings. The molecular weight excluding hydrogens is 215 g/mol. The summed E-state index contributed by atoms with van der Waals surface area (Å²) in [5, 5.41) is 12.9. The molecule has 0 unspecified atom stereocenters. The maximum atomic E-state index is 12.7. The van der Waals surface area contributed by atoms with Gasteiger partial charge in [0.2, 0.25) is 0 Å². The zero-order chi connectivity index (χ0) is 10.7. The van der Waals surface area contributed by atoms with E-state index in [2.05, 4.69) is 5.32 Å². The summed E-state index contributed by atoms with van der Waals surface area (Å²) in [6.07, 6.45) is 0. The first-order valence-electron chi connectivity index (χ1n) is 3.93. The second-order valence-corrected chi connectivity index (χ2v) is 3.22. The van der Waals surface area contributed by atoms with Crippen LogP contribution in [0.5, 0.6) is 0 Å². The molecule has 0 fully saturated rings. The molecule has 0 spiro atoms. The van der Waals surface area contributed by atoms with Crippen LogP contribution < -0.4 is 29.3 Å². The molecule has 0 bridgehead atoms. The molecule has 0 heterocycles. The summed E-state index contributed by atoms with van der Waals surface area (Å²) in [7, 11) is 0. The van der Waals surface area contributed by atoms with Gasteiger partial charge in [-0.15, -0.1) is 0 Å². The topological polar surface area (TPSA) is 52.2 Å². The van der Waals surface area contributed by atoms with Crippen molar-refractivity contribution in [1.82, 2.24) is 0 Å². The number of halogens is 2. The van der Waals surface area contributed by atoms with Crippen LogP contribution in [0.25, 0.3) is 0 Å². The Morgan fingerprint density at radius 1 is 1.60 bits per heavy atom. The van der Waals surface area contributed by atoms with E-state index in [0.29, 0.717) is 5.69 Å². The summed E-state index contributed by atoms with van der Waals surface area (Å²) in [5.41, 5.74) is 0.438. The molecule has 3 nitrogen and oxygen atoms in total. The van der Waals surface area contributed by atoms with E-state index in [1.54, 1.807) is 0 Å². The van der Waals surface area contributed by atoms with Crippen LogP contribution in [-0.2, 0) is 4.79 Å². The fourth-order valence-electron chi connectivity index (χ4n) is 0.895. The molecule has 0 amide bonds. The summed E-state index contributed by atoms with van der Waals surface area (Å²) < 4.78 is 12.7. The van der Waals surface area contributed by atoms with Gasteiger partial charge in [-0.1, -0.05) is 11.6 Å². The molecule has 6 heteroatoms. The van der Waals surface area contributed by atoms with E-state index in [4.69, 9.17) is 11.6 Å². The third-order valence-electron chi connectivity index (χ3n) is 1.66. The Morgan fingerprint density at radius 2 is 2.20 bits per heavy atom. The second-order valence-electron chi connectivity index (χ2n) is 2.81. The molecule has 15 heavy (non-hydrogen) atoms. The summed E-state index contributed by atoms with van der Waals surface area (Å²) in [6, 6.07) is 3.03. The Bertz CT molecular complexity index is 362. The summed E-state index contributed by atoms with van der Waals surface area (Å²) in [4.78, 5) is 10.4. The van der Waals surface area contributed by atoms with Gasteiger partial charge in [0, 0.05) is 5.69 Å². The van der Waals surface area contributed by atoms with Crippen molar-refractivity contribution in [2.75, 3.05) is 5.32 Å². The van der Waals surface area contributed by atoms with Gasteiger partial charge in [-0.25, -0.2) is 4.39 Å². The van der Waals surface area contributed by atoms with Gasteiger partial charge in [-0.3, -0.25) is 0 Å². The predicted molar refractivity (Wildman–Crippen MR) is 49.5 cm³/mol. The minimum absolute atomic E-state index is 0. The average molecular weight is 224 g/mol. The number of nitrogens with one attached hydrogen (secondary N) is 1. The normalized spacial score (nSPS) is 11.4. The minimum Gasteiger partial charge on any atom is -0.548 e. The fraction of sp³-hybridized carbons (Fsp3) is 0.222. The fourth-order valence-corrected chi connectivity index (χ4v) is 1.08. The molecule has 0 aliphatic rings. The maximum Gasteiger partial charge on any atom is 1.00 e. The molecule has 0 aliphatic carbocycles. The second kappa shape index (κ2) is 6.01. The Labute approximate surface area is 104 Å². The Hall–Kier alpha value is -0.693. The molecule has 0 radical (unpaired) electrons. The Kier molecular flexibility index (Phi) is 5.74. The van der Waals surface area contributed by atoms with E-state index in [1.165, 1.54) is 19.1 Å². The first-order chi connectivity index (χ1) is 6.50. The van der Waals surface area contributed by atoms with Crippen LogP contribution in [0.1, 0.15) is 6.92 Å². The third kappa shape index (κ3) is 4.13. The van der Waals surface area contributed by atoms with Crippen LogP contribution in [0.2, 0.25) is 5.02 Å². The monoisotopic (exact) mass is 223 g/mol. The van der Waals surface area contributed by atoms with Crippen molar-refractivity contribution in [3.8, 4) is 0 Å². The van der Waals surface area contributed by atoms with Gasteiger partial charge in [-0.05, 0) is 25.1 Å². The predicted octanol–water partition coefficient (Wildman–Crippen LogP) is -1.97. The molecule has 0 saturated heterocycles. The SMILES string of the molecule is C[C@H](Nc1ccc(F)c(Cl)c1)C(=O)[O-].[Li+]. The van der Waals surface area contributed by atoms with Crippen molar-refractivity contribution < 1.29 is 33.2 Å². The zero-order valence-electron chi connectivity index (χ0n) is 8.38. The summed E-state index contributed by atoms with van der Waals surface area (Å²) >= 11 is 5.50. The van der Waals surface area contributed by atoms with Crippen LogP contribution >= 0.6 is 11.6 Å². The van der Waals surface area contributed by atoms with Gasteiger partial charge in [0.1, 0.15) is 5.82 Å². The molecule has 76 valence electrons. The number of anilines is 1. The van der Waals surface area contributed by atoms with Crippen LogP contribution in [0.3, 0.4) is 0 Å². The molecule has 1 N–H and O–H groups in total. The molecule has 0 aliphatic heterocycles. The number of aliphatic carboxylic acids is 1. The van der Waals surface area contributed by atoms with Crippen LogP contribution in [0.15, 0.2) is 18.2 Å². The minimum atomic E-state index is -1.23. The van der Waals surface area contributed by atoms with Crippen LogP contribution in [0, 0.1) is 5.82 Å². The molecular formula is C9H8ClFLiNO2. The number of benzene rings is 1. The number of hydrogen-bond acceptors (Lipinski definition) is 3. The Balaban J connectivity index is 0.00000196. The third-order valence-corrected chi connectivity index (χ3v) is 1.95. The molecule has 1 aromatic carbocycles. The van der Waals surface area contributed by atoms with E-state index in [0.717, 1.165) is 6.07 Å². The summed E-state index contributed by atoms with van der Waals surface area (Å²) in [5.74, 6) is -1.77. The number of hydrogen-bond donors (Lipinski definition) is 1. The van der Waals surface area contributed by atoms with Gasteiger partial charge in [0.15, 0.2) is 0 Å². The van der Waals surface area contributed by atoms with Gasteiger partial charge in [-0.2, -0.15) is 0 Å². The van der Waals surface area contributed by atoms with Gasteiger partial charge < -0.3 is 15.2 Å². The van der Waals surface area contributed by atoms with Crippen molar-refractivity contribution in [3.05, 3.63) is 29.0 Å². The smallest absolute Gasteiger partial charge is 0.548 e. The first-order valence-corrected chi connectivity index (χ1v) is 4.31. The number of carboxylic acid groups (broad SMARTS) is 1. The summed E-state index contributed by atoms with van der Waals surface area (Å²) in [6.45, 7) is 1.42. The largest absolute Gasteiger partial charge is 1.00 e. The van der Waals surface area contributed by atoms with Gasteiger partial charge in [0.25, 0.3) is 0 Å². The van der Waals surface area contributed by atoms with E-state index in [1.807, 2.05) is 0 Å². The zero-order valence-corrected chi connectivity index (χ0v) is 9.14. The number of carbonyl (C=O) groups excluding carboxylic acids is 1. The van der Waals surface area contributed by atoms with E-state index >= 15 is 0 Å². The van der Waals surface area contributed by atoms with E-state index in [9.17, 15) is 14.3 Å². The maximum absolute atomic E-state index is 12.7. The van der Waals surface area contributed by atoms with Crippen molar-refractivity contribution >= 4 is 23.3 Å².